The van der Waals surface area contributed by atoms with Crippen LogP contribution in [-0.2, 0) is 23.9 Å². The van der Waals surface area contributed by atoms with Gasteiger partial charge in [-0.2, -0.15) is 0 Å². The van der Waals surface area contributed by atoms with Gasteiger partial charge in [0.2, 0.25) is 0 Å². The van der Waals surface area contributed by atoms with E-state index >= 15 is 0 Å². The molecule has 0 bridgehead atoms. The van der Waals surface area contributed by atoms with E-state index in [2.05, 4.69) is 10.5 Å². The molecule has 10 nitrogen and oxygen atoms in total. The van der Waals surface area contributed by atoms with E-state index in [0.29, 0.717) is 16.9 Å². The number of carboxylic acids is 1. The number of amides is 2. The SMILES string of the molecule is CC(=O)OCC1=C(C(=O)O)N2C(=O)[C@@H](NC(=O)C(=NOc3ccccc3)c3ccccc3)[C@H]2SC1. The number of esters is 1. The van der Waals surface area contributed by atoms with E-state index in [1.54, 1.807) is 54.6 Å². The van der Waals surface area contributed by atoms with Crippen molar-refractivity contribution >= 4 is 41.2 Å². The average molecular weight is 496 g/mol. The highest BCUT2D eigenvalue weighted by atomic mass is 32.2. The monoisotopic (exact) mass is 495 g/mol. The van der Waals surface area contributed by atoms with Crippen LogP contribution in [0.2, 0.25) is 0 Å². The smallest absolute Gasteiger partial charge is 0.352 e. The van der Waals surface area contributed by atoms with Crippen LogP contribution in [-0.4, -0.2) is 63.2 Å². The fourth-order valence-electron chi connectivity index (χ4n) is 3.59. The van der Waals surface area contributed by atoms with Gasteiger partial charge in [0, 0.05) is 23.8 Å². The van der Waals surface area contributed by atoms with Crippen molar-refractivity contribution in [2.45, 2.75) is 18.3 Å². The Balaban J connectivity index is 1.53. The van der Waals surface area contributed by atoms with Crippen LogP contribution in [0.4, 0.5) is 0 Å². The fourth-order valence-corrected chi connectivity index (χ4v) is 4.92. The summed E-state index contributed by atoms with van der Waals surface area (Å²) in [6, 6.07) is 16.4. The first-order valence-corrected chi connectivity index (χ1v) is 11.6. The summed E-state index contributed by atoms with van der Waals surface area (Å²) in [5, 5.41) is 15.7. The maximum absolute atomic E-state index is 13.2. The molecule has 2 amide bonds. The molecule has 2 aromatic carbocycles. The van der Waals surface area contributed by atoms with Crippen LogP contribution in [0.3, 0.4) is 0 Å². The Kier molecular flexibility index (Phi) is 7.16. The standard InChI is InChI=1S/C24H21N3O7S/c1-14(28)33-12-16-13-35-23-19(22(30)27(23)20(16)24(31)32)25-21(29)18(15-8-4-2-5-9-15)26-34-17-10-6-3-7-11-17/h2-11,19,23H,12-13H2,1H3,(H,25,29)(H,31,32)/t19-,23-/m1/s1. The molecule has 0 unspecified atom stereocenters. The molecule has 2 atom stereocenters. The molecule has 0 aromatic heterocycles. The zero-order valence-electron chi connectivity index (χ0n) is 18.5. The van der Waals surface area contributed by atoms with Crippen LogP contribution >= 0.6 is 11.8 Å². The van der Waals surface area contributed by atoms with Crippen molar-refractivity contribution in [3.05, 3.63) is 77.5 Å². The third-order valence-electron chi connectivity index (χ3n) is 5.23. The Hall–Kier alpha value is -4.12. The van der Waals surface area contributed by atoms with E-state index in [-0.39, 0.29) is 23.8 Å². The van der Waals surface area contributed by atoms with Gasteiger partial charge in [-0.15, -0.1) is 11.8 Å². The first-order valence-electron chi connectivity index (χ1n) is 10.6. The predicted octanol–water partition coefficient (Wildman–Crippen LogP) is 1.77. The van der Waals surface area contributed by atoms with Gasteiger partial charge in [0.1, 0.15) is 23.7 Å². The third kappa shape index (κ3) is 5.19. The third-order valence-corrected chi connectivity index (χ3v) is 6.57. The first kappa shape index (κ1) is 24.0. The lowest BCUT2D eigenvalue weighted by Gasteiger charge is -2.49. The highest BCUT2D eigenvalue weighted by Crippen LogP contribution is 2.40. The molecule has 11 heteroatoms. The number of para-hydroxylation sites is 1. The van der Waals surface area contributed by atoms with Crippen LogP contribution in [0.15, 0.2) is 77.1 Å². The molecule has 2 heterocycles. The Morgan fingerprint density at radius 3 is 2.40 bits per heavy atom. The van der Waals surface area contributed by atoms with Gasteiger partial charge in [0.15, 0.2) is 11.5 Å². The Morgan fingerprint density at radius 2 is 1.77 bits per heavy atom. The van der Waals surface area contributed by atoms with Crippen molar-refractivity contribution in [3.63, 3.8) is 0 Å². The second kappa shape index (κ2) is 10.4. The number of oxime groups is 1. The molecule has 0 spiro atoms. The van der Waals surface area contributed by atoms with Crippen molar-refractivity contribution in [1.29, 1.82) is 0 Å². The number of carbonyl (C=O) groups excluding carboxylic acids is 3. The zero-order valence-corrected chi connectivity index (χ0v) is 19.4. The van der Waals surface area contributed by atoms with Gasteiger partial charge in [0.25, 0.3) is 11.8 Å². The summed E-state index contributed by atoms with van der Waals surface area (Å²) >= 11 is 1.27. The minimum atomic E-state index is -1.31. The molecule has 2 aliphatic rings. The second-order valence-corrected chi connectivity index (χ2v) is 8.71. The summed E-state index contributed by atoms with van der Waals surface area (Å²) in [6.45, 7) is 0.993. The first-order chi connectivity index (χ1) is 16.9. The molecule has 0 aliphatic carbocycles. The largest absolute Gasteiger partial charge is 0.477 e. The number of rotatable bonds is 8. The number of nitrogens with zero attached hydrogens (tertiary/aromatic N) is 2. The van der Waals surface area contributed by atoms with Gasteiger partial charge in [-0.3, -0.25) is 19.3 Å². The minimum absolute atomic E-state index is 0.0361. The van der Waals surface area contributed by atoms with Crippen molar-refractivity contribution in [1.82, 2.24) is 10.2 Å². The van der Waals surface area contributed by atoms with E-state index in [9.17, 15) is 24.3 Å². The van der Waals surface area contributed by atoms with Crippen LogP contribution in [0.25, 0.3) is 0 Å². The van der Waals surface area contributed by atoms with Crippen LogP contribution in [0.1, 0.15) is 12.5 Å². The number of carboxylic acid groups (broad SMARTS) is 1. The van der Waals surface area contributed by atoms with E-state index in [1.807, 2.05) is 6.07 Å². The topological polar surface area (TPSA) is 135 Å². The van der Waals surface area contributed by atoms with Gasteiger partial charge in [-0.1, -0.05) is 53.7 Å². The summed E-state index contributed by atoms with van der Waals surface area (Å²) in [5.41, 5.74) is 0.534. The lowest BCUT2D eigenvalue weighted by Crippen LogP contribution is -2.71. The molecule has 1 fully saturated rings. The van der Waals surface area contributed by atoms with E-state index in [1.165, 1.54) is 18.7 Å². The van der Waals surface area contributed by atoms with E-state index < -0.39 is 35.2 Å². The number of β-lactam (4-membered cyclic amide) rings is 1. The maximum Gasteiger partial charge on any atom is 0.352 e. The summed E-state index contributed by atoms with van der Waals surface area (Å²) in [4.78, 5) is 55.6. The average Bonchev–Trinajstić information content (AvgIpc) is 2.86. The molecule has 0 saturated carbocycles. The lowest BCUT2D eigenvalue weighted by molar-refractivity contribution is -0.150. The minimum Gasteiger partial charge on any atom is -0.477 e. The summed E-state index contributed by atoms with van der Waals surface area (Å²) in [6.07, 6.45) is 0. The molecule has 180 valence electrons. The zero-order chi connectivity index (χ0) is 24.9. The molecule has 2 N–H and O–H groups in total. The van der Waals surface area contributed by atoms with Gasteiger partial charge in [-0.05, 0) is 12.1 Å². The number of fused-ring (bicyclic) bond motifs is 1. The van der Waals surface area contributed by atoms with Crippen LogP contribution < -0.4 is 10.2 Å². The summed E-state index contributed by atoms with van der Waals surface area (Å²) < 4.78 is 4.93. The molecule has 1 saturated heterocycles. The van der Waals surface area contributed by atoms with Crippen molar-refractivity contribution in [3.8, 4) is 5.75 Å². The normalized spacial score (nSPS) is 19.4. The van der Waals surface area contributed by atoms with Crippen molar-refractivity contribution in [2.75, 3.05) is 12.4 Å². The maximum atomic E-state index is 13.2. The quantitative estimate of drug-likeness (QED) is 0.245. The number of benzene rings is 2. The van der Waals surface area contributed by atoms with E-state index in [0.717, 1.165) is 4.90 Å². The number of aliphatic carboxylic acids is 1. The van der Waals surface area contributed by atoms with Crippen LogP contribution in [0, 0.1) is 0 Å². The highest BCUT2D eigenvalue weighted by Gasteiger charge is 2.54. The molecule has 0 radical (unpaired) electrons. The number of thioether (sulfide) groups is 1. The van der Waals surface area contributed by atoms with Crippen LogP contribution in [0.5, 0.6) is 5.75 Å². The Morgan fingerprint density at radius 1 is 1.11 bits per heavy atom. The van der Waals surface area contributed by atoms with Gasteiger partial charge in [0.05, 0.1) is 0 Å². The number of ether oxygens (including phenoxy) is 1. The Bertz CT molecular complexity index is 1210. The fraction of sp³-hybridized carbons (Fsp3) is 0.208. The van der Waals surface area contributed by atoms with E-state index in [4.69, 9.17) is 9.57 Å². The number of carbonyl (C=O) groups is 4. The number of nitrogens with one attached hydrogen (secondary N) is 1. The lowest BCUT2D eigenvalue weighted by atomic mass is 10.0. The molecule has 35 heavy (non-hydrogen) atoms. The molecular weight excluding hydrogens is 474 g/mol. The van der Waals surface area contributed by atoms with Gasteiger partial charge >= 0.3 is 11.9 Å². The van der Waals surface area contributed by atoms with Crippen molar-refractivity contribution < 1.29 is 33.9 Å². The highest BCUT2D eigenvalue weighted by molar-refractivity contribution is 8.00. The second-order valence-electron chi connectivity index (χ2n) is 7.61. The van der Waals surface area contributed by atoms with Gasteiger partial charge < -0.3 is 20.0 Å². The summed E-state index contributed by atoms with van der Waals surface area (Å²) in [5.74, 6) is -2.42. The molecule has 2 aromatic rings. The summed E-state index contributed by atoms with van der Waals surface area (Å²) in [7, 11) is 0. The number of hydrogen-bond donors (Lipinski definition) is 2. The molecular formula is C24H21N3O7S. The Labute approximate surface area is 204 Å². The molecule has 4 rings (SSSR count). The molecule has 2 aliphatic heterocycles. The van der Waals surface area contributed by atoms with Crippen molar-refractivity contribution in [2.24, 2.45) is 5.16 Å². The van der Waals surface area contributed by atoms with Gasteiger partial charge in [-0.25, -0.2) is 4.79 Å². The number of hydrogen-bond acceptors (Lipinski definition) is 8. The predicted molar refractivity (Wildman–Crippen MR) is 126 cm³/mol.